The summed E-state index contributed by atoms with van der Waals surface area (Å²) in [4.78, 5) is 3.95. The van der Waals surface area contributed by atoms with Crippen molar-refractivity contribution >= 4 is 0 Å². The smallest absolute Gasteiger partial charge is 0.141 e. The first-order valence-electron chi connectivity index (χ1n) is 3.16. The van der Waals surface area contributed by atoms with Crippen LogP contribution in [0.2, 0.25) is 0 Å². The molecule has 0 spiro atoms. The number of rotatable bonds is 0. The van der Waals surface area contributed by atoms with Crippen LogP contribution in [0.15, 0.2) is 18.2 Å². The van der Waals surface area contributed by atoms with Crippen molar-refractivity contribution in [1.29, 1.82) is 5.26 Å². The van der Waals surface area contributed by atoms with Crippen LogP contribution in [0.3, 0.4) is 0 Å². The molecule has 0 amide bonds. The van der Waals surface area contributed by atoms with E-state index in [1.54, 1.807) is 25.1 Å². The Morgan fingerprint density at radius 2 is 2.09 bits per heavy atom. The summed E-state index contributed by atoms with van der Waals surface area (Å²) >= 11 is 0. The monoisotopic (exact) mass is 142 g/mol. The molecule has 0 aromatic carbocycles. The van der Waals surface area contributed by atoms with Crippen LogP contribution in [0, 0.1) is 23.2 Å². The lowest BCUT2D eigenvalue weighted by molar-refractivity contribution is 1.23. The average molecular weight is 142 g/mol. The summed E-state index contributed by atoms with van der Waals surface area (Å²) in [5.41, 5.74) is 1.05. The van der Waals surface area contributed by atoms with E-state index in [4.69, 9.17) is 5.26 Å². The Morgan fingerprint density at radius 1 is 1.36 bits per heavy atom. The second-order valence-corrected chi connectivity index (χ2v) is 1.89. The lowest BCUT2D eigenvalue weighted by atomic mass is 10.3. The van der Waals surface area contributed by atoms with Crippen LogP contribution in [0.5, 0.6) is 0 Å². The quantitative estimate of drug-likeness (QED) is 0.512. The Balaban J connectivity index is 3.10. The number of pyridine rings is 1. The Morgan fingerprint density at radius 3 is 2.73 bits per heavy atom. The van der Waals surface area contributed by atoms with Crippen molar-refractivity contribution in [2.24, 2.45) is 0 Å². The van der Waals surface area contributed by atoms with E-state index in [1.807, 2.05) is 6.07 Å². The van der Waals surface area contributed by atoms with Gasteiger partial charge in [0.1, 0.15) is 17.5 Å². The number of nitrogens with zero attached hydrogens (tertiary/aromatic N) is 2. The van der Waals surface area contributed by atoms with Gasteiger partial charge in [0.05, 0.1) is 0 Å². The minimum Gasteiger partial charge on any atom is -0.229 e. The molecule has 0 fully saturated rings. The van der Waals surface area contributed by atoms with Gasteiger partial charge in [0.2, 0.25) is 0 Å². The Labute approximate surface area is 65.5 Å². The maximum Gasteiger partial charge on any atom is 0.141 e. The molecule has 2 heteroatoms. The Hall–Kier alpha value is -1.80. The third-order valence-electron chi connectivity index (χ3n) is 1.12. The number of hydrogen-bond donors (Lipinski definition) is 0. The zero-order valence-corrected chi connectivity index (χ0v) is 6.13. The Kier molecular flexibility index (Phi) is 2.25. The summed E-state index contributed by atoms with van der Waals surface area (Å²) in [6.07, 6.45) is 0. The van der Waals surface area contributed by atoms with Crippen LogP contribution in [-0.4, -0.2) is 4.98 Å². The molecule has 52 valence electrons. The molecule has 1 aromatic rings. The van der Waals surface area contributed by atoms with Crippen molar-refractivity contribution in [1.82, 2.24) is 4.98 Å². The highest BCUT2D eigenvalue weighted by atomic mass is 14.7. The van der Waals surface area contributed by atoms with Gasteiger partial charge in [-0.2, -0.15) is 5.26 Å². The van der Waals surface area contributed by atoms with Crippen LogP contribution in [0.4, 0.5) is 0 Å². The topological polar surface area (TPSA) is 36.7 Å². The van der Waals surface area contributed by atoms with E-state index < -0.39 is 0 Å². The van der Waals surface area contributed by atoms with Gasteiger partial charge in [0, 0.05) is 0 Å². The highest BCUT2D eigenvalue weighted by Gasteiger charge is 1.90. The fourth-order valence-electron chi connectivity index (χ4n) is 0.695. The predicted octanol–water partition coefficient (Wildman–Crippen LogP) is 1.32. The summed E-state index contributed by atoms with van der Waals surface area (Å²) in [5, 5.41) is 8.47. The zero-order chi connectivity index (χ0) is 8.10. The molecule has 0 saturated carbocycles. The molecule has 1 heterocycles. The molecule has 0 aliphatic carbocycles. The number of aromatic nitrogens is 1. The largest absolute Gasteiger partial charge is 0.229 e. The van der Waals surface area contributed by atoms with Gasteiger partial charge in [0.25, 0.3) is 0 Å². The molecule has 0 unspecified atom stereocenters. The number of nitriles is 1. The minimum atomic E-state index is 0.408. The predicted molar refractivity (Wildman–Crippen MR) is 41.5 cm³/mol. The summed E-state index contributed by atoms with van der Waals surface area (Å²) in [5.74, 6) is 5.48. The zero-order valence-electron chi connectivity index (χ0n) is 6.13. The first-order chi connectivity index (χ1) is 5.36. The molecular formula is C9H6N2. The second-order valence-electron chi connectivity index (χ2n) is 1.89. The van der Waals surface area contributed by atoms with E-state index in [0.717, 1.165) is 0 Å². The standard InChI is InChI=1S/C9H6N2/c1-2-4-8-5-3-6-9(7-10)11-8/h3,5-6H,1H3. The fraction of sp³-hybridized carbons (Fsp3) is 0.111. The molecule has 1 rings (SSSR count). The van der Waals surface area contributed by atoms with Crippen LogP contribution < -0.4 is 0 Å². The van der Waals surface area contributed by atoms with E-state index in [0.29, 0.717) is 11.4 Å². The first-order valence-corrected chi connectivity index (χ1v) is 3.16. The molecule has 0 saturated heterocycles. The van der Waals surface area contributed by atoms with Crippen molar-refractivity contribution in [3.63, 3.8) is 0 Å². The molecule has 0 aliphatic heterocycles. The van der Waals surface area contributed by atoms with E-state index in [2.05, 4.69) is 16.8 Å². The van der Waals surface area contributed by atoms with E-state index >= 15 is 0 Å². The molecule has 2 nitrogen and oxygen atoms in total. The maximum absolute atomic E-state index is 8.47. The van der Waals surface area contributed by atoms with Gasteiger partial charge < -0.3 is 0 Å². The molecule has 11 heavy (non-hydrogen) atoms. The van der Waals surface area contributed by atoms with Gasteiger partial charge in [-0.15, -0.1) is 0 Å². The van der Waals surface area contributed by atoms with E-state index in [1.165, 1.54) is 0 Å². The summed E-state index contributed by atoms with van der Waals surface area (Å²) in [6.45, 7) is 1.74. The van der Waals surface area contributed by atoms with Crippen molar-refractivity contribution < 1.29 is 0 Å². The molecule has 0 N–H and O–H groups in total. The van der Waals surface area contributed by atoms with Gasteiger partial charge in [-0.3, -0.25) is 0 Å². The third-order valence-corrected chi connectivity index (χ3v) is 1.12. The van der Waals surface area contributed by atoms with Crippen LogP contribution in [0.1, 0.15) is 18.3 Å². The summed E-state index contributed by atoms with van der Waals surface area (Å²) in [7, 11) is 0. The van der Waals surface area contributed by atoms with Crippen molar-refractivity contribution in [3.8, 4) is 17.9 Å². The van der Waals surface area contributed by atoms with Crippen molar-refractivity contribution in [2.45, 2.75) is 6.92 Å². The van der Waals surface area contributed by atoms with Crippen LogP contribution in [-0.2, 0) is 0 Å². The molecule has 0 radical (unpaired) electrons. The van der Waals surface area contributed by atoms with Gasteiger partial charge in [-0.05, 0) is 25.0 Å². The summed E-state index contributed by atoms with van der Waals surface area (Å²) < 4.78 is 0. The van der Waals surface area contributed by atoms with E-state index in [9.17, 15) is 0 Å². The van der Waals surface area contributed by atoms with Crippen LogP contribution in [0.25, 0.3) is 0 Å². The Bertz CT molecular complexity index is 350. The molecular weight excluding hydrogens is 136 g/mol. The SMILES string of the molecule is CC#Cc1cccc(C#N)n1. The van der Waals surface area contributed by atoms with Gasteiger partial charge in [0.15, 0.2) is 0 Å². The highest BCUT2D eigenvalue weighted by molar-refractivity contribution is 5.31. The van der Waals surface area contributed by atoms with Crippen molar-refractivity contribution in [2.75, 3.05) is 0 Å². The molecule has 0 atom stereocenters. The normalized spacial score (nSPS) is 7.64. The van der Waals surface area contributed by atoms with Gasteiger partial charge in [-0.25, -0.2) is 4.98 Å². The molecule has 0 aliphatic rings. The highest BCUT2D eigenvalue weighted by Crippen LogP contribution is 1.95. The number of hydrogen-bond acceptors (Lipinski definition) is 2. The average Bonchev–Trinajstić information content (AvgIpc) is 2.06. The van der Waals surface area contributed by atoms with Crippen LogP contribution >= 0.6 is 0 Å². The van der Waals surface area contributed by atoms with Gasteiger partial charge in [-0.1, -0.05) is 12.0 Å². The maximum atomic E-state index is 8.47. The second kappa shape index (κ2) is 3.39. The molecule has 0 bridgehead atoms. The molecule has 1 aromatic heterocycles. The minimum absolute atomic E-state index is 0.408. The van der Waals surface area contributed by atoms with E-state index in [-0.39, 0.29) is 0 Å². The lowest BCUT2D eigenvalue weighted by Crippen LogP contribution is -1.85. The first kappa shape index (κ1) is 7.31. The third kappa shape index (κ3) is 1.81. The summed E-state index contributed by atoms with van der Waals surface area (Å²) in [6, 6.07) is 7.14. The van der Waals surface area contributed by atoms with Gasteiger partial charge >= 0.3 is 0 Å². The fourth-order valence-corrected chi connectivity index (χ4v) is 0.695. The lowest BCUT2D eigenvalue weighted by Gasteiger charge is -1.88. The van der Waals surface area contributed by atoms with Crippen molar-refractivity contribution in [3.05, 3.63) is 29.6 Å².